The van der Waals surface area contributed by atoms with Crippen LogP contribution in [0, 0.1) is 5.41 Å². The number of likely N-dealkylation sites (tertiary alicyclic amines) is 2. The molecule has 0 aromatic heterocycles. The molecule has 2 aliphatic rings. The second kappa shape index (κ2) is 6.53. The van der Waals surface area contributed by atoms with Gasteiger partial charge in [-0.15, -0.1) is 0 Å². The maximum absolute atomic E-state index is 12.1. The molecule has 0 unspecified atom stereocenters. The molecule has 0 bridgehead atoms. The van der Waals surface area contributed by atoms with Crippen LogP contribution < -0.4 is 0 Å². The summed E-state index contributed by atoms with van der Waals surface area (Å²) in [5.74, 6) is 0. The molecule has 0 atom stereocenters. The average molecular weight is 298 g/mol. The summed E-state index contributed by atoms with van der Waals surface area (Å²) in [6.07, 6.45) is 4.10. The zero-order valence-electron chi connectivity index (χ0n) is 13.7. The average Bonchev–Trinajstić information content (AvgIpc) is 2.77. The van der Waals surface area contributed by atoms with Crippen LogP contribution in [-0.4, -0.2) is 65.9 Å². The lowest BCUT2D eigenvalue weighted by atomic mass is 9.79. The summed E-state index contributed by atoms with van der Waals surface area (Å²) in [5.41, 5.74) is -0.0981. The summed E-state index contributed by atoms with van der Waals surface area (Å²) < 4.78 is 5.45. The number of aliphatic hydroxyl groups is 1. The van der Waals surface area contributed by atoms with Crippen molar-refractivity contribution in [3.63, 3.8) is 0 Å². The minimum absolute atomic E-state index is 0.166. The highest BCUT2D eigenvalue weighted by molar-refractivity contribution is 5.68. The molecule has 21 heavy (non-hydrogen) atoms. The molecule has 0 radical (unpaired) electrons. The van der Waals surface area contributed by atoms with Gasteiger partial charge in [-0.1, -0.05) is 0 Å². The van der Waals surface area contributed by atoms with Crippen LogP contribution in [0.15, 0.2) is 0 Å². The highest BCUT2D eigenvalue weighted by Crippen LogP contribution is 2.39. The summed E-state index contributed by atoms with van der Waals surface area (Å²) in [7, 11) is 0. The predicted octanol–water partition coefficient (Wildman–Crippen LogP) is 2.09. The molecule has 2 aliphatic heterocycles. The number of rotatable bonds is 5. The van der Waals surface area contributed by atoms with Crippen molar-refractivity contribution in [1.29, 1.82) is 0 Å². The minimum Gasteiger partial charge on any atom is -0.444 e. The van der Waals surface area contributed by atoms with E-state index >= 15 is 0 Å². The van der Waals surface area contributed by atoms with Crippen molar-refractivity contribution in [2.24, 2.45) is 5.41 Å². The van der Waals surface area contributed by atoms with Crippen molar-refractivity contribution in [3.8, 4) is 0 Å². The van der Waals surface area contributed by atoms with Gasteiger partial charge in [-0.3, -0.25) is 0 Å². The van der Waals surface area contributed by atoms with E-state index in [0.29, 0.717) is 12.0 Å². The van der Waals surface area contributed by atoms with Crippen LogP contribution >= 0.6 is 0 Å². The van der Waals surface area contributed by atoms with Gasteiger partial charge in [0.15, 0.2) is 0 Å². The van der Waals surface area contributed by atoms with E-state index < -0.39 is 5.60 Å². The first-order chi connectivity index (χ1) is 9.84. The maximum atomic E-state index is 12.1. The Morgan fingerprint density at radius 3 is 2.52 bits per heavy atom. The number of ether oxygens (including phenoxy) is 1. The van der Waals surface area contributed by atoms with E-state index in [4.69, 9.17) is 9.84 Å². The monoisotopic (exact) mass is 298 g/mol. The standard InChI is InChI=1S/C16H30N2O3/c1-15(2,3)21-14(20)18-9-7-16(13-18)11-17(12-16)8-5-4-6-10-19/h19H,4-13H2,1-3H3. The van der Waals surface area contributed by atoms with Crippen LogP contribution in [-0.2, 0) is 4.74 Å². The van der Waals surface area contributed by atoms with Gasteiger partial charge in [-0.05, 0) is 53.0 Å². The van der Waals surface area contributed by atoms with Crippen molar-refractivity contribution in [1.82, 2.24) is 9.80 Å². The van der Waals surface area contributed by atoms with Gasteiger partial charge in [0.05, 0.1) is 0 Å². The Morgan fingerprint density at radius 2 is 1.90 bits per heavy atom. The normalized spacial score (nSPS) is 21.6. The van der Waals surface area contributed by atoms with Crippen molar-refractivity contribution in [2.75, 3.05) is 39.3 Å². The molecule has 2 fully saturated rings. The molecule has 0 saturated carbocycles. The van der Waals surface area contributed by atoms with E-state index in [1.54, 1.807) is 0 Å². The molecule has 1 N–H and O–H groups in total. The Kier molecular flexibility index (Phi) is 5.15. The van der Waals surface area contributed by atoms with Gasteiger partial charge in [-0.25, -0.2) is 4.79 Å². The summed E-state index contributed by atoms with van der Waals surface area (Å²) in [6.45, 7) is 11.0. The summed E-state index contributed by atoms with van der Waals surface area (Å²) in [5, 5.41) is 8.77. The number of hydrogen-bond donors (Lipinski definition) is 1. The Hall–Kier alpha value is -0.810. The molecule has 122 valence electrons. The van der Waals surface area contributed by atoms with Crippen molar-refractivity contribution < 1.29 is 14.6 Å². The van der Waals surface area contributed by atoms with Crippen LogP contribution in [0.2, 0.25) is 0 Å². The molecule has 2 heterocycles. The van der Waals surface area contributed by atoms with Crippen molar-refractivity contribution in [2.45, 2.75) is 52.1 Å². The quantitative estimate of drug-likeness (QED) is 0.790. The molecular formula is C16H30N2O3. The number of unbranched alkanes of at least 4 members (excludes halogenated alkanes) is 2. The van der Waals surface area contributed by atoms with Crippen molar-refractivity contribution >= 4 is 6.09 Å². The number of hydrogen-bond acceptors (Lipinski definition) is 4. The fraction of sp³-hybridized carbons (Fsp3) is 0.938. The molecule has 0 aliphatic carbocycles. The fourth-order valence-corrected chi connectivity index (χ4v) is 3.36. The van der Waals surface area contributed by atoms with E-state index in [1.807, 2.05) is 25.7 Å². The number of amides is 1. The first kappa shape index (κ1) is 16.6. The van der Waals surface area contributed by atoms with Crippen molar-refractivity contribution in [3.05, 3.63) is 0 Å². The summed E-state index contributed by atoms with van der Waals surface area (Å²) >= 11 is 0. The van der Waals surface area contributed by atoms with Gasteiger partial charge in [0.1, 0.15) is 5.60 Å². The number of carbonyl (C=O) groups is 1. The largest absolute Gasteiger partial charge is 0.444 e. The van der Waals surface area contributed by atoms with Gasteiger partial charge in [0, 0.05) is 38.2 Å². The SMILES string of the molecule is CC(C)(C)OC(=O)N1CCC2(CN(CCCCCO)C2)C1. The molecule has 0 aromatic rings. The Bertz CT molecular complexity index is 359. The minimum atomic E-state index is -0.412. The third-order valence-electron chi connectivity index (χ3n) is 4.34. The first-order valence-corrected chi connectivity index (χ1v) is 8.15. The van der Waals surface area contributed by atoms with Crippen LogP contribution in [0.25, 0.3) is 0 Å². The Morgan fingerprint density at radius 1 is 1.19 bits per heavy atom. The third kappa shape index (κ3) is 4.58. The lowest BCUT2D eigenvalue weighted by molar-refractivity contribution is -0.00239. The first-order valence-electron chi connectivity index (χ1n) is 8.15. The lowest BCUT2D eigenvalue weighted by Gasteiger charge is -2.48. The van der Waals surface area contributed by atoms with Gasteiger partial charge in [-0.2, -0.15) is 0 Å². The summed E-state index contributed by atoms with van der Waals surface area (Å²) in [6, 6.07) is 0. The molecular weight excluding hydrogens is 268 g/mol. The molecule has 5 nitrogen and oxygen atoms in total. The zero-order chi connectivity index (χ0) is 15.5. The number of aliphatic hydroxyl groups excluding tert-OH is 1. The summed E-state index contributed by atoms with van der Waals surface area (Å²) in [4.78, 5) is 16.4. The highest BCUT2D eigenvalue weighted by atomic mass is 16.6. The van der Waals surface area contributed by atoms with E-state index in [0.717, 1.165) is 58.4 Å². The number of nitrogens with zero attached hydrogens (tertiary/aromatic N) is 2. The van der Waals surface area contributed by atoms with Gasteiger partial charge < -0.3 is 19.6 Å². The fourth-order valence-electron chi connectivity index (χ4n) is 3.36. The second-order valence-electron chi connectivity index (χ2n) is 7.65. The van der Waals surface area contributed by atoms with Gasteiger partial charge in [0.25, 0.3) is 0 Å². The molecule has 0 aromatic carbocycles. The van der Waals surface area contributed by atoms with Gasteiger partial charge >= 0.3 is 6.09 Å². The predicted molar refractivity (Wildman–Crippen MR) is 82.2 cm³/mol. The van der Waals surface area contributed by atoms with E-state index in [-0.39, 0.29) is 6.09 Å². The van der Waals surface area contributed by atoms with Crippen LogP contribution in [0.1, 0.15) is 46.5 Å². The topological polar surface area (TPSA) is 53.0 Å². The smallest absolute Gasteiger partial charge is 0.410 e. The van der Waals surface area contributed by atoms with Crippen LogP contribution in [0.3, 0.4) is 0 Å². The highest BCUT2D eigenvalue weighted by Gasteiger charge is 2.48. The molecule has 2 rings (SSSR count). The Balaban J connectivity index is 1.68. The van der Waals surface area contributed by atoms with E-state index in [1.165, 1.54) is 0 Å². The Labute approximate surface area is 128 Å². The molecule has 1 spiro atoms. The lowest BCUT2D eigenvalue weighted by Crippen LogP contribution is -2.57. The van der Waals surface area contributed by atoms with Gasteiger partial charge in [0.2, 0.25) is 0 Å². The van der Waals surface area contributed by atoms with E-state index in [9.17, 15) is 4.79 Å². The molecule has 5 heteroatoms. The zero-order valence-corrected chi connectivity index (χ0v) is 13.7. The third-order valence-corrected chi connectivity index (χ3v) is 4.34. The maximum Gasteiger partial charge on any atom is 0.410 e. The molecule has 1 amide bonds. The molecule has 2 saturated heterocycles. The van der Waals surface area contributed by atoms with Crippen LogP contribution in [0.4, 0.5) is 4.79 Å². The van der Waals surface area contributed by atoms with Crippen LogP contribution in [0.5, 0.6) is 0 Å². The number of carbonyl (C=O) groups excluding carboxylic acids is 1. The van der Waals surface area contributed by atoms with E-state index in [2.05, 4.69) is 4.90 Å². The second-order valence-corrected chi connectivity index (χ2v) is 7.65.